The highest BCUT2D eigenvalue weighted by Crippen LogP contribution is 2.22. The molecule has 1 aromatic heterocycles. The first-order valence-electron chi connectivity index (χ1n) is 5.67. The van der Waals surface area contributed by atoms with E-state index >= 15 is 0 Å². The van der Waals surface area contributed by atoms with Crippen LogP contribution in [0.4, 0.5) is 0 Å². The summed E-state index contributed by atoms with van der Waals surface area (Å²) in [5.74, 6) is 0.820. The zero-order valence-electron chi connectivity index (χ0n) is 10.1. The minimum atomic E-state index is -0.174. The molecule has 17 heavy (non-hydrogen) atoms. The van der Waals surface area contributed by atoms with E-state index in [2.05, 4.69) is 12.0 Å². The van der Waals surface area contributed by atoms with Gasteiger partial charge in [-0.1, -0.05) is 12.1 Å². The van der Waals surface area contributed by atoms with Crippen molar-refractivity contribution >= 4 is 0 Å². The van der Waals surface area contributed by atoms with Crippen molar-refractivity contribution < 1.29 is 4.74 Å². The second-order valence-electron chi connectivity index (χ2n) is 3.83. The van der Waals surface area contributed by atoms with Crippen LogP contribution in [0.25, 0.3) is 0 Å². The molecule has 4 heteroatoms. The maximum atomic E-state index is 6.24. The largest absolute Gasteiger partial charge is 0.497 e. The first-order chi connectivity index (χ1) is 8.26. The van der Waals surface area contributed by atoms with Crippen LogP contribution in [0.3, 0.4) is 0 Å². The van der Waals surface area contributed by atoms with Gasteiger partial charge in [0.2, 0.25) is 0 Å². The average Bonchev–Trinajstić information content (AvgIpc) is 2.86. The SMILES string of the molecule is CCn1nccc1C(N)c1cccc(OC)c1. The molecule has 4 nitrogen and oxygen atoms in total. The molecule has 0 radical (unpaired) electrons. The molecule has 90 valence electrons. The molecule has 1 atom stereocenters. The predicted octanol–water partition coefficient (Wildman–Crippen LogP) is 1.96. The summed E-state index contributed by atoms with van der Waals surface area (Å²) in [7, 11) is 1.65. The van der Waals surface area contributed by atoms with E-state index in [9.17, 15) is 0 Å². The van der Waals surface area contributed by atoms with Crippen LogP contribution >= 0.6 is 0 Å². The Morgan fingerprint density at radius 1 is 1.41 bits per heavy atom. The molecule has 2 aromatic rings. The van der Waals surface area contributed by atoms with Gasteiger partial charge in [-0.2, -0.15) is 5.10 Å². The van der Waals surface area contributed by atoms with Gasteiger partial charge in [0.15, 0.2) is 0 Å². The lowest BCUT2D eigenvalue weighted by molar-refractivity contribution is 0.414. The summed E-state index contributed by atoms with van der Waals surface area (Å²) in [6.45, 7) is 2.87. The zero-order valence-corrected chi connectivity index (χ0v) is 10.1. The van der Waals surface area contributed by atoms with Crippen LogP contribution in [-0.4, -0.2) is 16.9 Å². The van der Waals surface area contributed by atoms with Gasteiger partial charge in [-0.3, -0.25) is 4.68 Å². The van der Waals surface area contributed by atoms with Gasteiger partial charge in [-0.25, -0.2) is 0 Å². The number of ether oxygens (including phenoxy) is 1. The van der Waals surface area contributed by atoms with Gasteiger partial charge >= 0.3 is 0 Å². The van der Waals surface area contributed by atoms with Crippen molar-refractivity contribution in [3.63, 3.8) is 0 Å². The molecule has 0 spiro atoms. The molecule has 0 aliphatic rings. The maximum absolute atomic E-state index is 6.24. The van der Waals surface area contributed by atoms with E-state index in [1.165, 1.54) is 0 Å². The third-order valence-corrected chi connectivity index (χ3v) is 2.82. The van der Waals surface area contributed by atoms with Crippen molar-refractivity contribution in [1.29, 1.82) is 0 Å². The molecule has 1 heterocycles. The van der Waals surface area contributed by atoms with Crippen LogP contribution in [0, 0.1) is 0 Å². The van der Waals surface area contributed by atoms with E-state index in [0.29, 0.717) is 0 Å². The summed E-state index contributed by atoms with van der Waals surface area (Å²) in [5, 5.41) is 4.23. The molecule has 0 bridgehead atoms. The number of methoxy groups -OCH3 is 1. The summed E-state index contributed by atoms with van der Waals surface area (Å²) < 4.78 is 7.11. The summed E-state index contributed by atoms with van der Waals surface area (Å²) in [4.78, 5) is 0. The van der Waals surface area contributed by atoms with Crippen LogP contribution in [0.2, 0.25) is 0 Å². The highest BCUT2D eigenvalue weighted by Gasteiger charge is 2.13. The number of benzene rings is 1. The molecule has 2 rings (SSSR count). The lowest BCUT2D eigenvalue weighted by atomic mass is 10.0. The number of nitrogens with two attached hydrogens (primary N) is 1. The van der Waals surface area contributed by atoms with E-state index in [-0.39, 0.29) is 6.04 Å². The third-order valence-electron chi connectivity index (χ3n) is 2.82. The molecular formula is C13H17N3O. The number of rotatable bonds is 4. The van der Waals surface area contributed by atoms with Gasteiger partial charge in [0.05, 0.1) is 18.8 Å². The van der Waals surface area contributed by atoms with E-state index in [4.69, 9.17) is 10.5 Å². The molecule has 1 aromatic carbocycles. The van der Waals surface area contributed by atoms with E-state index in [1.807, 2.05) is 35.0 Å². The van der Waals surface area contributed by atoms with Gasteiger partial charge in [0.1, 0.15) is 5.75 Å². The highest BCUT2D eigenvalue weighted by molar-refractivity contribution is 5.34. The standard InChI is InChI=1S/C13H17N3O/c1-3-16-12(7-8-15-16)13(14)10-5-4-6-11(9-10)17-2/h4-9,13H,3,14H2,1-2H3. The molecule has 2 N–H and O–H groups in total. The Balaban J connectivity index is 2.33. The molecule has 0 aliphatic heterocycles. The van der Waals surface area contributed by atoms with Crippen LogP contribution in [0.15, 0.2) is 36.5 Å². The van der Waals surface area contributed by atoms with Crippen molar-refractivity contribution in [2.45, 2.75) is 19.5 Å². The fourth-order valence-electron chi connectivity index (χ4n) is 1.88. The monoisotopic (exact) mass is 231 g/mol. The Hall–Kier alpha value is -1.81. The van der Waals surface area contributed by atoms with Gasteiger partial charge in [0, 0.05) is 12.7 Å². The molecule has 0 fully saturated rings. The smallest absolute Gasteiger partial charge is 0.119 e. The van der Waals surface area contributed by atoms with Gasteiger partial charge in [0.25, 0.3) is 0 Å². The number of nitrogens with zero attached hydrogens (tertiary/aromatic N) is 2. The first-order valence-corrected chi connectivity index (χ1v) is 5.67. The molecular weight excluding hydrogens is 214 g/mol. The number of hydrogen-bond acceptors (Lipinski definition) is 3. The Kier molecular flexibility index (Phi) is 3.44. The third kappa shape index (κ3) is 2.31. The lowest BCUT2D eigenvalue weighted by Crippen LogP contribution is -2.17. The number of hydrogen-bond donors (Lipinski definition) is 1. The fourth-order valence-corrected chi connectivity index (χ4v) is 1.88. The van der Waals surface area contributed by atoms with E-state index in [0.717, 1.165) is 23.6 Å². The van der Waals surface area contributed by atoms with Gasteiger partial charge in [-0.05, 0) is 30.7 Å². The van der Waals surface area contributed by atoms with Crippen LogP contribution in [0.1, 0.15) is 24.2 Å². The number of aryl methyl sites for hydroxylation is 1. The second-order valence-corrected chi connectivity index (χ2v) is 3.83. The highest BCUT2D eigenvalue weighted by atomic mass is 16.5. The first kappa shape index (κ1) is 11.7. The fraction of sp³-hybridized carbons (Fsp3) is 0.308. The second kappa shape index (κ2) is 5.01. The van der Waals surface area contributed by atoms with Crippen molar-refractivity contribution in [2.75, 3.05) is 7.11 Å². The van der Waals surface area contributed by atoms with Gasteiger partial charge < -0.3 is 10.5 Å². The van der Waals surface area contributed by atoms with Crippen LogP contribution in [0.5, 0.6) is 5.75 Å². The van der Waals surface area contributed by atoms with E-state index in [1.54, 1.807) is 13.3 Å². The lowest BCUT2D eigenvalue weighted by Gasteiger charge is -2.14. The molecule has 0 aliphatic carbocycles. The number of aromatic nitrogens is 2. The Morgan fingerprint density at radius 3 is 2.94 bits per heavy atom. The maximum Gasteiger partial charge on any atom is 0.119 e. The van der Waals surface area contributed by atoms with Crippen molar-refractivity contribution in [3.8, 4) is 5.75 Å². The summed E-state index contributed by atoms with van der Waals surface area (Å²) in [5.41, 5.74) is 8.29. The van der Waals surface area contributed by atoms with Crippen LogP contribution < -0.4 is 10.5 Å². The Morgan fingerprint density at radius 2 is 2.24 bits per heavy atom. The quantitative estimate of drug-likeness (QED) is 0.875. The molecule has 0 saturated carbocycles. The minimum Gasteiger partial charge on any atom is -0.497 e. The Bertz CT molecular complexity index is 493. The molecule has 1 unspecified atom stereocenters. The van der Waals surface area contributed by atoms with Crippen molar-refractivity contribution in [1.82, 2.24) is 9.78 Å². The Labute approximate surface area is 101 Å². The van der Waals surface area contributed by atoms with Crippen molar-refractivity contribution in [3.05, 3.63) is 47.8 Å². The predicted molar refractivity (Wildman–Crippen MR) is 66.9 cm³/mol. The molecule has 0 saturated heterocycles. The molecule has 0 amide bonds. The minimum absolute atomic E-state index is 0.174. The zero-order chi connectivity index (χ0) is 12.3. The van der Waals surface area contributed by atoms with Crippen LogP contribution in [-0.2, 0) is 6.54 Å². The van der Waals surface area contributed by atoms with Crippen molar-refractivity contribution in [2.24, 2.45) is 5.73 Å². The van der Waals surface area contributed by atoms with E-state index < -0.39 is 0 Å². The summed E-state index contributed by atoms with van der Waals surface area (Å²) in [6.07, 6.45) is 1.78. The summed E-state index contributed by atoms with van der Waals surface area (Å²) >= 11 is 0. The normalized spacial score (nSPS) is 12.4. The topological polar surface area (TPSA) is 53.1 Å². The van der Waals surface area contributed by atoms with Gasteiger partial charge in [-0.15, -0.1) is 0 Å². The summed E-state index contributed by atoms with van der Waals surface area (Å²) in [6, 6.07) is 9.59. The average molecular weight is 231 g/mol.